The maximum Gasteiger partial charge on any atom is 0.232 e. The number of benzene rings is 1. The highest BCUT2D eigenvalue weighted by Crippen LogP contribution is 2.34. The van der Waals surface area contributed by atoms with Gasteiger partial charge in [-0.2, -0.15) is 0 Å². The summed E-state index contributed by atoms with van der Waals surface area (Å²) in [5, 5.41) is 0.450. The zero-order valence-electron chi connectivity index (χ0n) is 13.5. The summed E-state index contributed by atoms with van der Waals surface area (Å²) in [4.78, 5) is 0. The molecular weight excluding hydrogens is 364 g/mol. The highest BCUT2D eigenvalue weighted by atomic mass is 35.5. The van der Waals surface area contributed by atoms with Gasteiger partial charge in [0.2, 0.25) is 20.0 Å². The molecule has 0 aliphatic carbocycles. The summed E-state index contributed by atoms with van der Waals surface area (Å²) < 4.78 is 55.7. The quantitative estimate of drug-likeness (QED) is 0.730. The van der Waals surface area contributed by atoms with Crippen molar-refractivity contribution in [3.63, 3.8) is 0 Å². The third-order valence-corrected chi connectivity index (χ3v) is 6.14. The number of hydrogen-bond donors (Lipinski definition) is 1. The van der Waals surface area contributed by atoms with Crippen molar-refractivity contribution < 1.29 is 21.6 Å². The van der Waals surface area contributed by atoms with E-state index in [4.69, 9.17) is 16.3 Å². The van der Waals surface area contributed by atoms with Crippen LogP contribution in [0.4, 0.5) is 5.69 Å². The molecule has 1 aromatic carbocycles. The van der Waals surface area contributed by atoms with Gasteiger partial charge >= 0.3 is 0 Å². The molecule has 0 unspecified atom stereocenters. The van der Waals surface area contributed by atoms with Crippen LogP contribution in [0.1, 0.15) is 12.5 Å². The van der Waals surface area contributed by atoms with Crippen LogP contribution in [0.2, 0.25) is 5.02 Å². The molecule has 0 fully saturated rings. The van der Waals surface area contributed by atoms with Gasteiger partial charge in [0.15, 0.2) is 0 Å². The van der Waals surface area contributed by atoms with Gasteiger partial charge < -0.3 is 4.74 Å². The number of anilines is 1. The van der Waals surface area contributed by atoms with Crippen molar-refractivity contribution in [2.75, 3.05) is 36.5 Å². The third kappa shape index (κ3) is 5.52. The predicted octanol–water partition coefficient (Wildman–Crippen LogP) is 1.36. The largest absolute Gasteiger partial charge is 0.494 e. The van der Waals surface area contributed by atoms with E-state index in [-0.39, 0.29) is 18.8 Å². The van der Waals surface area contributed by atoms with Crippen molar-refractivity contribution in [1.29, 1.82) is 0 Å². The average molecular weight is 385 g/mol. The molecule has 0 spiro atoms. The Balaban J connectivity index is 3.17. The molecular formula is C13H21ClN2O5S2. The molecule has 7 nitrogen and oxygen atoms in total. The van der Waals surface area contributed by atoms with Crippen molar-refractivity contribution >= 4 is 37.3 Å². The maximum atomic E-state index is 12.1. The number of aryl methyl sites for hydroxylation is 1. The van der Waals surface area contributed by atoms with Gasteiger partial charge in [-0.05, 0) is 25.5 Å². The minimum absolute atomic E-state index is 0.0475. The third-order valence-electron chi connectivity index (χ3n) is 3.15. The van der Waals surface area contributed by atoms with Crippen molar-refractivity contribution in [2.45, 2.75) is 13.8 Å². The fourth-order valence-electron chi connectivity index (χ4n) is 1.88. The van der Waals surface area contributed by atoms with Crippen LogP contribution in [0.5, 0.6) is 5.75 Å². The number of nitrogens with zero attached hydrogens (tertiary/aromatic N) is 1. The Morgan fingerprint density at radius 2 is 1.87 bits per heavy atom. The molecule has 1 aromatic rings. The Morgan fingerprint density at radius 3 is 2.35 bits per heavy atom. The van der Waals surface area contributed by atoms with Gasteiger partial charge in [-0.1, -0.05) is 11.6 Å². The monoisotopic (exact) mass is 384 g/mol. The zero-order chi connectivity index (χ0) is 17.8. The van der Waals surface area contributed by atoms with Crippen LogP contribution in [0.3, 0.4) is 0 Å². The topological polar surface area (TPSA) is 92.8 Å². The van der Waals surface area contributed by atoms with Crippen LogP contribution >= 0.6 is 11.6 Å². The van der Waals surface area contributed by atoms with E-state index in [1.807, 2.05) is 0 Å². The van der Waals surface area contributed by atoms with E-state index in [0.717, 1.165) is 10.6 Å². The summed E-state index contributed by atoms with van der Waals surface area (Å²) in [5.41, 5.74) is 0.998. The number of nitrogens with one attached hydrogen (secondary N) is 1. The Bertz CT molecular complexity index is 763. The second-order valence-electron chi connectivity index (χ2n) is 4.91. The van der Waals surface area contributed by atoms with Gasteiger partial charge in [-0.3, -0.25) is 4.31 Å². The summed E-state index contributed by atoms with van der Waals surface area (Å²) >= 11 is 6.03. The highest BCUT2D eigenvalue weighted by Gasteiger charge is 2.22. The summed E-state index contributed by atoms with van der Waals surface area (Å²) in [5.74, 6) is 0.222. The van der Waals surface area contributed by atoms with Gasteiger partial charge in [-0.15, -0.1) is 0 Å². The summed E-state index contributed by atoms with van der Waals surface area (Å²) in [6.07, 6.45) is 1.05. The lowest BCUT2D eigenvalue weighted by molar-refractivity contribution is 0.415. The van der Waals surface area contributed by atoms with Crippen molar-refractivity contribution in [2.24, 2.45) is 0 Å². The predicted molar refractivity (Wildman–Crippen MR) is 92.4 cm³/mol. The molecule has 0 aromatic heterocycles. The van der Waals surface area contributed by atoms with Gasteiger partial charge in [0, 0.05) is 24.2 Å². The molecule has 0 aliphatic heterocycles. The standard InChI is InChI=1S/C13H21ClN2O5S2/c1-5-23(19,20)15-6-7-16(22(4,17)18)12-8-10(2)11(14)9-13(12)21-3/h8-9,15H,5-7H2,1-4H3. The van der Waals surface area contributed by atoms with E-state index in [1.165, 1.54) is 20.1 Å². The smallest absolute Gasteiger partial charge is 0.232 e. The van der Waals surface area contributed by atoms with E-state index in [0.29, 0.717) is 22.0 Å². The van der Waals surface area contributed by atoms with Crippen molar-refractivity contribution in [1.82, 2.24) is 4.72 Å². The number of hydrogen-bond acceptors (Lipinski definition) is 5. The first-order chi connectivity index (χ1) is 10.5. The number of sulfonamides is 2. The molecule has 0 aliphatic rings. The van der Waals surface area contributed by atoms with E-state index < -0.39 is 20.0 Å². The summed E-state index contributed by atoms with van der Waals surface area (Å²) in [6.45, 7) is 3.14. The molecule has 0 saturated carbocycles. The molecule has 0 heterocycles. The van der Waals surface area contributed by atoms with Crippen molar-refractivity contribution in [3.8, 4) is 5.75 Å². The number of ether oxygens (including phenoxy) is 1. The second kappa shape index (κ2) is 7.69. The molecule has 0 radical (unpaired) electrons. The minimum atomic E-state index is -3.63. The second-order valence-corrected chi connectivity index (χ2v) is 9.32. The first-order valence-electron chi connectivity index (χ1n) is 6.81. The molecule has 0 amide bonds. The Morgan fingerprint density at radius 1 is 1.26 bits per heavy atom. The fraction of sp³-hybridized carbons (Fsp3) is 0.538. The molecule has 0 atom stereocenters. The average Bonchev–Trinajstić information content (AvgIpc) is 2.45. The van der Waals surface area contributed by atoms with Gasteiger partial charge in [0.05, 0.1) is 24.8 Å². The molecule has 10 heteroatoms. The zero-order valence-corrected chi connectivity index (χ0v) is 15.8. The molecule has 0 saturated heterocycles. The molecule has 0 bridgehead atoms. The number of rotatable bonds is 8. The van der Waals surface area contributed by atoms with Crippen LogP contribution in [-0.2, 0) is 20.0 Å². The lowest BCUT2D eigenvalue weighted by atomic mass is 10.2. The van der Waals surface area contributed by atoms with E-state index in [2.05, 4.69) is 4.72 Å². The Hall–Kier alpha value is -1.03. The minimum Gasteiger partial charge on any atom is -0.494 e. The van der Waals surface area contributed by atoms with Crippen LogP contribution in [0, 0.1) is 6.92 Å². The van der Waals surface area contributed by atoms with Crippen LogP contribution in [0.25, 0.3) is 0 Å². The maximum absolute atomic E-state index is 12.1. The summed E-state index contributed by atoms with van der Waals surface area (Å²) in [6, 6.07) is 3.12. The number of methoxy groups -OCH3 is 1. The molecule has 132 valence electrons. The lowest BCUT2D eigenvalue weighted by Gasteiger charge is -2.25. The SMILES string of the molecule is CCS(=O)(=O)NCCN(c1cc(C)c(Cl)cc1OC)S(C)(=O)=O. The van der Waals surface area contributed by atoms with Gasteiger partial charge in [-0.25, -0.2) is 21.6 Å². The number of halogens is 1. The highest BCUT2D eigenvalue weighted by molar-refractivity contribution is 7.92. The van der Waals surface area contributed by atoms with Crippen LogP contribution in [0.15, 0.2) is 12.1 Å². The normalized spacial score (nSPS) is 12.2. The first kappa shape index (κ1) is 20.0. The van der Waals surface area contributed by atoms with E-state index in [9.17, 15) is 16.8 Å². The first-order valence-corrected chi connectivity index (χ1v) is 10.7. The Labute approximate surface area is 142 Å². The van der Waals surface area contributed by atoms with Gasteiger partial charge in [0.25, 0.3) is 0 Å². The van der Waals surface area contributed by atoms with Gasteiger partial charge in [0.1, 0.15) is 5.75 Å². The van der Waals surface area contributed by atoms with E-state index >= 15 is 0 Å². The summed E-state index contributed by atoms with van der Waals surface area (Å²) in [7, 11) is -5.62. The Kier molecular flexibility index (Phi) is 6.70. The fourth-order valence-corrected chi connectivity index (χ4v) is 3.56. The molecule has 1 rings (SSSR count). The van der Waals surface area contributed by atoms with Crippen molar-refractivity contribution in [3.05, 3.63) is 22.7 Å². The van der Waals surface area contributed by atoms with Crippen LogP contribution in [-0.4, -0.2) is 49.0 Å². The lowest BCUT2D eigenvalue weighted by Crippen LogP contribution is -2.38. The molecule has 23 heavy (non-hydrogen) atoms. The molecule has 1 N–H and O–H groups in total. The van der Waals surface area contributed by atoms with E-state index in [1.54, 1.807) is 13.0 Å². The van der Waals surface area contributed by atoms with Crippen LogP contribution < -0.4 is 13.8 Å².